The van der Waals surface area contributed by atoms with Gasteiger partial charge in [0.05, 0.1) is 18.8 Å². The molecule has 148 valence electrons. The van der Waals surface area contributed by atoms with Gasteiger partial charge in [-0.15, -0.1) is 0 Å². The topological polar surface area (TPSA) is 58.6 Å². The molecule has 1 aliphatic carbocycles. The van der Waals surface area contributed by atoms with Gasteiger partial charge in [0.2, 0.25) is 5.91 Å². The van der Waals surface area contributed by atoms with Gasteiger partial charge in [0.25, 0.3) is 0 Å². The van der Waals surface area contributed by atoms with Crippen LogP contribution in [0.15, 0.2) is 30.3 Å². The first-order valence-corrected chi connectivity index (χ1v) is 10.9. The molecule has 1 saturated heterocycles. The van der Waals surface area contributed by atoms with Crippen LogP contribution in [0.4, 0.5) is 0 Å². The summed E-state index contributed by atoms with van der Waals surface area (Å²) in [4.78, 5) is 25.0. The van der Waals surface area contributed by atoms with Crippen molar-refractivity contribution < 1.29 is 14.3 Å². The smallest absolute Gasteiger partial charge is 0.238 e. The molecular weight excluding hydrogens is 455 g/mol. The standard InChI is InChI=1S/C21H29IN2O3/c1-15(25)20(17-10-6-3-7-11-17)23-21(26)19-12-18(13-24(19)22)27-14-16-8-4-2-5-9-16/h2,4-5,8-9,17-20H,3,6-7,10-14H2,1H3,(H,23,26)/t18-,19+,20-/m1/s1. The second kappa shape index (κ2) is 9.98. The third-order valence-electron chi connectivity index (χ3n) is 5.69. The zero-order chi connectivity index (χ0) is 19.2. The number of rotatable bonds is 7. The summed E-state index contributed by atoms with van der Waals surface area (Å²) in [7, 11) is 0. The van der Waals surface area contributed by atoms with Crippen LogP contribution in [0, 0.1) is 5.92 Å². The van der Waals surface area contributed by atoms with Gasteiger partial charge in [-0.2, -0.15) is 0 Å². The summed E-state index contributed by atoms with van der Waals surface area (Å²) in [5.41, 5.74) is 1.14. The predicted molar refractivity (Wildman–Crippen MR) is 113 cm³/mol. The Morgan fingerprint density at radius 1 is 1.22 bits per heavy atom. The van der Waals surface area contributed by atoms with Crippen LogP contribution < -0.4 is 5.32 Å². The molecule has 1 saturated carbocycles. The minimum Gasteiger partial charge on any atom is -0.372 e. The van der Waals surface area contributed by atoms with Crippen molar-refractivity contribution in [2.24, 2.45) is 5.92 Å². The Labute approximate surface area is 175 Å². The highest BCUT2D eigenvalue weighted by Gasteiger charge is 2.38. The highest BCUT2D eigenvalue weighted by Crippen LogP contribution is 2.29. The second-order valence-electron chi connectivity index (χ2n) is 7.75. The Kier molecular flexibility index (Phi) is 7.66. The van der Waals surface area contributed by atoms with E-state index in [0.717, 1.165) is 37.8 Å². The molecule has 5 nitrogen and oxygen atoms in total. The first kappa shape index (κ1) is 20.7. The van der Waals surface area contributed by atoms with Gasteiger partial charge in [-0.05, 0) is 31.2 Å². The lowest BCUT2D eigenvalue weighted by Crippen LogP contribution is -2.50. The fourth-order valence-electron chi connectivity index (χ4n) is 4.17. The lowest BCUT2D eigenvalue weighted by molar-refractivity contribution is -0.130. The summed E-state index contributed by atoms with van der Waals surface area (Å²) in [5.74, 6) is 0.320. The van der Waals surface area contributed by atoms with Crippen molar-refractivity contribution in [2.45, 2.75) is 70.2 Å². The van der Waals surface area contributed by atoms with E-state index in [-0.39, 0.29) is 35.8 Å². The number of hydrogen-bond donors (Lipinski definition) is 1. The maximum atomic E-state index is 12.9. The Morgan fingerprint density at radius 2 is 1.93 bits per heavy atom. The van der Waals surface area contributed by atoms with Gasteiger partial charge >= 0.3 is 0 Å². The number of amides is 1. The number of nitrogens with zero attached hydrogens (tertiary/aromatic N) is 1. The molecular formula is C21H29IN2O3. The monoisotopic (exact) mass is 484 g/mol. The van der Waals surface area contributed by atoms with Gasteiger partial charge in [-0.25, -0.2) is 3.11 Å². The molecule has 3 atom stereocenters. The van der Waals surface area contributed by atoms with Crippen molar-refractivity contribution in [1.82, 2.24) is 8.43 Å². The molecule has 2 aliphatic rings. The molecule has 3 rings (SSSR count). The molecule has 6 heteroatoms. The molecule has 27 heavy (non-hydrogen) atoms. The van der Waals surface area contributed by atoms with Crippen LogP contribution in [-0.4, -0.2) is 39.5 Å². The minimum atomic E-state index is -0.341. The van der Waals surface area contributed by atoms with E-state index in [1.165, 1.54) is 6.42 Å². The maximum Gasteiger partial charge on any atom is 0.238 e. The Balaban J connectivity index is 1.53. The van der Waals surface area contributed by atoms with Gasteiger partial charge in [0.1, 0.15) is 6.04 Å². The van der Waals surface area contributed by atoms with E-state index in [4.69, 9.17) is 4.74 Å². The van der Waals surface area contributed by atoms with E-state index in [1.807, 2.05) is 33.4 Å². The number of halogens is 1. The number of nitrogens with one attached hydrogen (secondary N) is 1. The third-order valence-corrected chi connectivity index (χ3v) is 6.76. The summed E-state index contributed by atoms with van der Waals surface area (Å²) in [5, 5.41) is 3.06. The van der Waals surface area contributed by atoms with Crippen LogP contribution in [0.1, 0.15) is 51.0 Å². The number of carbonyl (C=O) groups is 2. The second-order valence-corrected chi connectivity index (χ2v) is 8.99. The van der Waals surface area contributed by atoms with Crippen molar-refractivity contribution in [3.05, 3.63) is 35.9 Å². The van der Waals surface area contributed by atoms with Gasteiger partial charge in [0.15, 0.2) is 5.78 Å². The van der Waals surface area contributed by atoms with Crippen LogP contribution in [0.25, 0.3) is 0 Å². The minimum absolute atomic E-state index is 0.0308. The molecule has 0 unspecified atom stereocenters. The SMILES string of the molecule is CC(=O)[C@@H](NC(=O)[C@@H]1C[C@@H](OCc2ccccc2)CN1I)C1CCCCC1. The number of ketones is 1. The fourth-order valence-corrected chi connectivity index (χ4v) is 5.09. The van der Waals surface area contributed by atoms with E-state index in [0.29, 0.717) is 13.0 Å². The van der Waals surface area contributed by atoms with Gasteiger partial charge in [0, 0.05) is 35.8 Å². The molecule has 1 heterocycles. The Morgan fingerprint density at radius 3 is 2.59 bits per heavy atom. The average molecular weight is 484 g/mol. The van der Waals surface area contributed by atoms with Crippen molar-refractivity contribution in [3.63, 3.8) is 0 Å². The van der Waals surface area contributed by atoms with E-state index in [2.05, 4.69) is 28.2 Å². The number of hydrogen-bond acceptors (Lipinski definition) is 4. The van der Waals surface area contributed by atoms with Crippen LogP contribution in [-0.2, 0) is 20.9 Å². The molecule has 0 bridgehead atoms. The first-order chi connectivity index (χ1) is 13.0. The summed E-state index contributed by atoms with van der Waals surface area (Å²) < 4.78 is 8.03. The molecule has 0 radical (unpaired) electrons. The summed E-state index contributed by atoms with van der Waals surface area (Å²) in [6, 6.07) is 9.50. The highest BCUT2D eigenvalue weighted by atomic mass is 127. The van der Waals surface area contributed by atoms with E-state index >= 15 is 0 Å². The van der Waals surface area contributed by atoms with E-state index < -0.39 is 0 Å². The van der Waals surface area contributed by atoms with Gasteiger partial charge < -0.3 is 10.1 Å². The van der Waals surface area contributed by atoms with Crippen molar-refractivity contribution in [2.75, 3.05) is 6.54 Å². The summed E-state index contributed by atoms with van der Waals surface area (Å²) in [6.07, 6.45) is 6.31. The number of carbonyl (C=O) groups excluding carboxylic acids is 2. The molecule has 1 aromatic carbocycles. The lowest BCUT2D eigenvalue weighted by Gasteiger charge is -2.30. The summed E-state index contributed by atoms with van der Waals surface area (Å²) in [6.45, 7) is 2.88. The van der Waals surface area contributed by atoms with E-state index in [1.54, 1.807) is 6.92 Å². The van der Waals surface area contributed by atoms with Crippen molar-refractivity contribution in [3.8, 4) is 0 Å². The molecule has 1 aromatic rings. The molecule has 0 aromatic heterocycles. The van der Waals surface area contributed by atoms with Crippen LogP contribution in [0.3, 0.4) is 0 Å². The van der Waals surface area contributed by atoms with Crippen LogP contribution in [0.5, 0.6) is 0 Å². The molecule has 2 fully saturated rings. The Hall–Kier alpha value is -0.990. The van der Waals surface area contributed by atoms with Crippen molar-refractivity contribution in [1.29, 1.82) is 0 Å². The molecule has 1 amide bonds. The normalized spacial score (nSPS) is 25.3. The predicted octanol–water partition coefficient (Wildman–Crippen LogP) is 3.65. The zero-order valence-corrected chi connectivity index (χ0v) is 18.1. The molecule has 1 N–H and O–H groups in total. The third kappa shape index (κ3) is 5.74. The highest BCUT2D eigenvalue weighted by molar-refractivity contribution is 14.1. The number of benzene rings is 1. The van der Waals surface area contributed by atoms with E-state index in [9.17, 15) is 9.59 Å². The number of ether oxygens (including phenoxy) is 1. The summed E-state index contributed by atoms with van der Waals surface area (Å²) >= 11 is 2.20. The number of Topliss-reactive ketones (excluding diaryl/α,β-unsaturated/α-hetero) is 1. The van der Waals surface area contributed by atoms with Gasteiger partial charge in [-0.1, -0.05) is 49.6 Å². The van der Waals surface area contributed by atoms with Gasteiger partial charge in [-0.3, -0.25) is 9.59 Å². The van der Waals surface area contributed by atoms with Crippen LogP contribution >= 0.6 is 22.9 Å². The largest absolute Gasteiger partial charge is 0.372 e. The maximum absolute atomic E-state index is 12.9. The Bertz CT molecular complexity index is 634. The first-order valence-electron chi connectivity index (χ1n) is 9.93. The fraction of sp³-hybridized carbons (Fsp3) is 0.619. The zero-order valence-electron chi connectivity index (χ0n) is 15.9. The molecule has 0 spiro atoms. The van der Waals surface area contributed by atoms with Crippen molar-refractivity contribution >= 4 is 34.6 Å². The quantitative estimate of drug-likeness (QED) is 0.474. The molecule has 1 aliphatic heterocycles. The lowest BCUT2D eigenvalue weighted by atomic mass is 9.82. The average Bonchev–Trinajstić information content (AvgIpc) is 3.06. The van der Waals surface area contributed by atoms with Crippen LogP contribution in [0.2, 0.25) is 0 Å².